The molecule has 2 rings (SSSR count). The van der Waals surface area contributed by atoms with E-state index >= 15 is 0 Å². The summed E-state index contributed by atoms with van der Waals surface area (Å²) in [4.78, 5) is 13.9. The van der Waals surface area contributed by atoms with Gasteiger partial charge >= 0.3 is 5.97 Å². The Labute approximate surface area is 106 Å². The van der Waals surface area contributed by atoms with Crippen LogP contribution in [-0.2, 0) is 4.79 Å². The fraction of sp³-hybridized carbons (Fsp3) is 0.917. The molecule has 2 N–H and O–H groups in total. The van der Waals surface area contributed by atoms with Crippen molar-refractivity contribution >= 4 is 17.7 Å². The van der Waals surface area contributed by atoms with Gasteiger partial charge in [0, 0.05) is 18.8 Å². The van der Waals surface area contributed by atoms with E-state index in [9.17, 15) is 15.0 Å². The first-order valence-corrected chi connectivity index (χ1v) is 7.45. The number of rotatable bonds is 3. The smallest absolute Gasteiger partial charge is 0.313 e. The molecule has 0 radical (unpaired) electrons. The summed E-state index contributed by atoms with van der Waals surface area (Å²) in [5, 5.41) is 20.3. The molecular formula is C12H21NO3S. The number of carboxylic acids is 1. The van der Waals surface area contributed by atoms with E-state index in [4.69, 9.17) is 0 Å². The van der Waals surface area contributed by atoms with Crippen LogP contribution < -0.4 is 0 Å². The molecule has 2 heterocycles. The maximum absolute atomic E-state index is 11.6. The molecule has 2 fully saturated rings. The van der Waals surface area contributed by atoms with Gasteiger partial charge in [0.25, 0.3) is 0 Å². The minimum atomic E-state index is -1.01. The Morgan fingerprint density at radius 2 is 2.00 bits per heavy atom. The molecule has 0 aromatic carbocycles. The van der Waals surface area contributed by atoms with Crippen molar-refractivity contribution in [2.45, 2.75) is 31.8 Å². The van der Waals surface area contributed by atoms with Crippen LogP contribution in [-0.4, -0.2) is 57.8 Å². The molecular weight excluding hydrogens is 238 g/mol. The molecule has 0 amide bonds. The number of hydrogen-bond acceptors (Lipinski definition) is 4. The highest BCUT2D eigenvalue weighted by atomic mass is 32.2. The SMILES string of the molecule is CCN1CCC(O)(C2(C(=O)O)CCSC2)CC1. The summed E-state index contributed by atoms with van der Waals surface area (Å²) in [6.07, 6.45) is 1.79. The molecule has 17 heavy (non-hydrogen) atoms. The van der Waals surface area contributed by atoms with Crippen molar-refractivity contribution < 1.29 is 15.0 Å². The van der Waals surface area contributed by atoms with Crippen molar-refractivity contribution in [1.29, 1.82) is 0 Å². The zero-order chi connectivity index (χ0) is 12.5. The Hall–Kier alpha value is -0.260. The van der Waals surface area contributed by atoms with Gasteiger partial charge in [-0.15, -0.1) is 0 Å². The molecule has 2 aliphatic heterocycles. The van der Waals surface area contributed by atoms with E-state index in [1.54, 1.807) is 11.8 Å². The van der Waals surface area contributed by atoms with E-state index in [2.05, 4.69) is 11.8 Å². The number of aliphatic carboxylic acids is 1. The zero-order valence-electron chi connectivity index (χ0n) is 10.3. The first kappa shape index (κ1) is 13.2. The fourth-order valence-electron chi connectivity index (χ4n) is 3.02. The van der Waals surface area contributed by atoms with E-state index in [0.29, 0.717) is 25.0 Å². The van der Waals surface area contributed by atoms with Crippen LogP contribution in [0.4, 0.5) is 0 Å². The van der Waals surface area contributed by atoms with Crippen LogP contribution in [0.25, 0.3) is 0 Å². The Balaban J connectivity index is 2.16. The highest BCUT2D eigenvalue weighted by Crippen LogP contribution is 2.49. The molecule has 0 aliphatic carbocycles. The van der Waals surface area contributed by atoms with Gasteiger partial charge in [0.1, 0.15) is 5.41 Å². The number of aliphatic hydroxyl groups is 1. The lowest BCUT2D eigenvalue weighted by atomic mass is 9.66. The Kier molecular flexibility index (Phi) is 3.71. The molecule has 2 aliphatic rings. The molecule has 1 unspecified atom stereocenters. The van der Waals surface area contributed by atoms with Gasteiger partial charge in [-0.25, -0.2) is 0 Å². The first-order chi connectivity index (χ1) is 8.04. The molecule has 0 saturated carbocycles. The number of carbonyl (C=O) groups is 1. The predicted octanol–water partition coefficient (Wildman–Crippen LogP) is 1.04. The van der Waals surface area contributed by atoms with Crippen molar-refractivity contribution in [2.24, 2.45) is 5.41 Å². The summed E-state index contributed by atoms with van der Waals surface area (Å²) in [6.45, 7) is 4.70. The molecule has 0 aromatic rings. The van der Waals surface area contributed by atoms with Crippen LogP contribution in [0.1, 0.15) is 26.2 Å². The van der Waals surface area contributed by atoms with Gasteiger partial charge in [-0.2, -0.15) is 11.8 Å². The number of thioether (sulfide) groups is 1. The molecule has 1 atom stereocenters. The Bertz CT molecular complexity index is 294. The third kappa shape index (κ3) is 2.09. The molecule has 0 bridgehead atoms. The topological polar surface area (TPSA) is 60.8 Å². The Morgan fingerprint density at radius 3 is 2.41 bits per heavy atom. The highest BCUT2D eigenvalue weighted by molar-refractivity contribution is 7.99. The second kappa shape index (κ2) is 4.78. The standard InChI is InChI=1S/C12H21NO3S/c1-2-13-6-3-12(16,4-7-13)11(10(14)15)5-8-17-9-11/h16H,2-9H2,1H3,(H,14,15). The molecule has 98 valence electrons. The number of carboxylic acid groups (broad SMARTS) is 1. The minimum Gasteiger partial charge on any atom is -0.481 e. The van der Waals surface area contributed by atoms with Crippen LogP contribution in [0.5, 0.6) is 0 Å². The monoisotopic (exact) mass is 259 g/mol. The van der Waals surface area contributed by atoms with Crippen LogP contribution in [0, 0.1) is 5.41 Å². The van der Waals surface area contributed by atoms with E-state index in [1.165, 1.54) is 0 Å². The first-order valence-electron chi connectivity index (χ1n) is 6.30. The summed E-state index contributed by atoms with van der Waals surface area (Å²) in [7, 11) is 0. The molecule has 0 aromatic heterocycles. The lowest BCUT2D eigenvalue weighted by Crippen LogP contribution is -2.58. The van der Waals surface area contributed by atoms with Crippen molar-refractivity contribution in [3.8, 4) is 0 Å². The fourth-order valence-corrected chi connectivity index (χ4v) is 4.54. The average Bonchev–Trinajstić information content (AvgIpc) is 2.81. The number of piperidine rings is 1. The molecule has 0 spiro atoms. The van der Waals surface area contributed by atoms with Crippen molar-refractivity contribution in [2.75, 3.05) is 31.1 Å². The van der Waals surface area contributed by atoms with Gasteiger partial charge in [-0.3, -0.25) is 4.79 Å². The summed E-state index contributed by atoms with van der Waals surface area (Å²) in [5.74, 6) is 0.604. The highest BCUT2D eigenvalue weighted by Gasteiger charge is 2.58. The third-order valence-corrected chi connectivity index (χ3v) is 5.64. The molecule has 5 heteroatoms. The summed E-state index contributed by atoms with van der Waals surface area (Å²) in [6, 6.07) is 0. The quantitative estimate of drug-likeness (QED) is 0.793. The van der Waals surface area contributed by atoms with Crippen LogP contribution in [0.3, 0.4) is 0 Å². The van der Waals surface area contributed by atoms with E-state index in [-0.39, 0.29) is 0 Å². The van der Waals surface area contributed by atoms with Crippen molar-refractivity contribution in [3.63, 3.8) is 0 Å². The van der Waals surface area contributed by atoms with Crippen molar-refractivity contribution in [1.82, 2.24) is 4.90 Å². The van der Waals surface area contributed by atoms with Crippen LogP contribution in [0.2, 0.25) is 0 Å². The van der Waals surface area contributed by atoms with Gasteiger partial charge in [0.05, 0.1) is 5.60 Å². The van der Waals surface area contributed by atoms with Crippen molar-refractivity contribution in [3.05, 3.63) is 0 Å². The summed E-state index contributed by atoms with van der Waals surface area (Å²) >= 11 is 1.65. The number of likely N-dealkylation sites (tertiary alicyclic amines) is 1. The molecule has 2 saturated heterocycles. The van der Waals surface area contributed by atoms with Gasteiger partial charge in [-0.1, -0.05) is 6.92 Å². The number of hydrogen-bond donors (Lipinski definition) is 2. The number of nitrogens with zero attached hydrogens (tertiary/aromatic N) is 1. The lowest BCUT2D eigenvalue weighted by molar-refractivity contribution is -0.172. The third-order valence-electron chi connectivity index (χ3n) is 4.45. The maximum atomic E-state index is 11.6. The summed E-state index contributed by atoms with van der Waals surface area (Å²) in [5.41, 5.74) is -1.91. The Morgan fingerprint density at radius 1 is 1.35 bits per heavy atom. The van der Waals surface area contributed by atoms with Crippen LogP contribution >= 0.6 is 11.8 Å². The second-order valence-corrected chi connectivity index (χ2v) is 6.26. The van der Waals surface area contributed by atoms with Crippen LogP contribution in [0.15, 0.2) is 0 Å². The van der Waals surface area contributed by atoms with E-state index in [1.807, 2.05) is 0 Å². The van der Waals surface area contributed by atoms with Gasteiger partial charge in [0.15, 0.2) is 0 Å². The normalized spacial score (nSPS) is 33.8. The van der Waals surface area contributed by atoms with Gasteiger partial charge < -0.3 is 15.1 Å². The maximum Gasteiger partial charge on any atom is 0.313 e. The minimum absolute atomic E-state index is 0.560. The van der Waals surface area contributed by atoms with Gasteiger partial charge in [0.2, 0.25) is 0 Å². The second-order valence-electron chi connectivity index (χ2n) is 5.16. The van der Waals surface area contributed by atoms with Gasteiger partial charge in [-0.05, 0) is 31.6 Å². The summed E-state index contributed by atoms with van der Waals surface area (Å²) < 4.78 is 0. The zero-order valence-corrected chi connectivity index (χ0v) is 11.1. The predicted molar refractivity (Wildman–Crippen MR) is 68.3 cm³/mol. The average molecular weight is 259 g/mol. The van der Waals surface area contributed by atoms with E-state index < -0.39 is 17.0 Å². The largest absolute Gasteiger partial charge is 0.481 e. The lowest BCUT2D eigenvalue weighted by Gasteiger charge is -2.46. The van der Waals surface area contributed by atoms with E-state index in [0.717, 1.165) is 25.4 Å². The molecule has 4 nitrogen and oxygen atoms in total.